The molecular formula is C16H19Cl2N3O3S. The van der Waals surface area contributed by atoms with E-state index < -0.39 is 10.0 Å². The fraction of sp³-hybridized carbons (Fsp3) is 0.500. The molecule has 0 N–H and O–H groups in total. The van der Waals surface area contributed by atoms with Gasteiger partial charge in [0.25, 0.3) is 0 Å². The molecule has 2 heterocycles. The fourth-order valence-electron chi connectivity index (χ4n) is 2.64. The van der Waals surface area contributed by atoms with Gasteiger partial charge in [-0.05, 0) is 24.6 Å². The molecule has 3 rings (SSSR count). The molecule has 1 unspecified atom stereocenters. The largest absolute Gasteiger partial charge is 0.339 e. The SMILES string of the molecule is CC(C)(C)c1noc(C2CCN(S(=O)(=O)c3ccc(Cl)c(Cl)c3)C2)n1. The molecule has 136 valence electrons. The lowest BCUT2D eigenvalue weighted by Gasteiger charge is -2.16. The summed E-state index contributed by atoms with van der Waals surface area (Å²) in [7, 11) is -3.64. The molecule has 0 amide bonds. The van der Waals surface area contributed by atoms with Crippen molar-refractivity contribution in [3.8, 4) is 0 Å². The Morgan fingerprint density at radius 3 is 2.56 bits per heavy atom. The van der Waals surface area contributed by atoms with Gasteiger partial charge >= 0.3 is 0 Å². The van der Waals surface area contributed by atoms with Crippen molar-refractivity contribution < 1.29 is 12.9 Å². The van der Waals surface area contributed by atoms with Gasteiger partial charge in [-0.25, -0.2) is 8.42 Å². The van der Waals surface area contributed by atoms with E-state index in [2.05, 4.69) is 10.1 Å². The van der Waals surface area contributed by atoms with Gasteiger partial charge in [0.05, 0.1) is 20.9 Å². The lowest BCUT2D eigenvalue weighted by Crippen LogP contribution is -2.28. The van der Waals surface area contributed by atoms with Crippen LogP contribution in [-0.4, -0.2) is 36.0 Å². The molecule has 9 heteroatoms. The minimum absolute atomic E-state index is 0.110. The second-order valence-corrected chi connectivity index (χ2v) is 9.88. The van der Waals surface area contributed by atoms with Gasteiger partial charge in [-0.15, -0.1) is 0 Å². The van der Waals surface area contributed by atoms with Gasteiger partial charge in [-0.3, -0.25) is 0 Å². The molecule has 1 atom stereocenters. The average molecular weight is 404 g/mol. The van der Waals surface area contributed by atoms with E-state index >= 15 is 0 Å². The van der Waals surface area contributed by atoms with Crippen molar-refractivity contribution in [1.82, 2.24) is 14.4 Å². The van der Waals surface area contributed by atoms with E-state index in [9.17, 15) is 8.42 Å². The predicted octanol–water partition coefficient (Wildman–Crippen LogP) is 3.85. The molecule has 1 aliphatic rings. The van der Waals surface area contributed by atoms with Crippen LogP contribution in [0.1, 0.15) is 44.8 Å². The van der Waals surface area contributed by atoms with Crippen LogP contribution in [0.25, 0.3) is 0 Å². The second-order valence-electron chi connectivity index (χ2n) is 7.13. The van der Waals surface area contributed by atoms with Gasteiger partial charge < -0.3 is 4.52 Å². The van der Waals surface area contributed by atoms with Crippen LogP contribution in [-0.2, 0) is 15.4 Å². The summed E-state index contributed by atoms with van der Waals surface area (Å²) >= 11 is 11.8. The lowest BCUT2D eigenvalue weighted by molar-refractivity contribution is 0.343. The highest BCUT2D eigenvalue weighted by Crippen LogP contribution is 2.33. The Morgan fingerprint density at radius 2 is 1.96 bits per heavy atom. The van der Waals surface area contributed by atoms with E-state index in [1.807, 2.05) is 20.8 Å². The van der Waals surface area contributed by atoms with Gasteiger partial charge in [0.15, 0.2) is 5.82 Å². The predicted molar refractivity (Wildman–Crippen MR) is 95.6 cm³/mol. The van der Waals surface area contributed by atoms with E-state index in [4.69, 9.17) is 27.7 Å². The molecule has 0 bridgehead atoms. The maximum absolute atomic E-state index is 12.8. The van der Waals surface area contributed by atoms with Crippen LogP contribution in [0.5, 0.6) is 0 Å². The van der Waals surface area contributed by atoms with E-state index in [1.54, 1.807) is 0 Å². The molecule has 0 aliphatic carbocycles. The number of sulfonamides is 1. The first-order chi connectivity index (χ1) is 11.6. The number of hydrogen-bond donors (Lipinski definition) is 0. The number of nitrogens with zero attached hydrogens (tertiary/aromatic N) is 3. The van der Waals surface area contributed by atoms with Crippen LogP contribution in [0.2, 0.25) is 10.0 Å². The first-order valence-electron chi connectivity index (χ1n) is 7.88. The molecular weight excluding hydrogens is 385 g/mol. The van der Waals surface area contributed by atoms with Crippen molar-refractivity contribution in [3.63, 3.8) is 0 Å². The Balaban J connectivity index is 1.80. The highest BCUT2D eigenvalue weighted by atomic mass is 35.5. The zero-order chi connectivity index (χ0) is 18.4. The molecule has 1 aromatic heterocycles. The van der Waals surface area contributed by atoms with Crippen LogP contribution in [0.3, 0.4) is 0 Å². The number of aromatic nitrogens is 2. The average Bonchev–Trinajstić information content (AvgIpc) is 3.17. The monoisotopic (exact) mass is 403 g/mol. The Labute approximate surface area is 157 Å². The zero-order valence-electron chi connectivity index (χ0n) is 14.2. The Morgan fingerprint density at radius 1 is 1.24 bits per heavy atom. The molecule has 0 radical (unpaired) electrons. The zero-order valence-corrected chi connectivity index (χ0v) is 16.5. The van der Waals surface area contributed by atoms with Crippen LogP contribution in [0.4, 0.5) is 0 Å². The minimum Gasteiger partial charge on any atom is -0.339 e. The molecule has 1 fully saturated rings. The van der Waals surface area contributed by atoms with Crippen LogP contribution < -0.4 is 0 Å². The fourth-order valence-corrected chi connectivity index (χ4v) is 4.53. The summed E-state index contributed by atoms with van der Waals surface area (Å²) in [5.74, 6) is 0.992. The molecule has 1 aromatic carbocycles. The minimum atomic E-state index is -3.64. The van der Waals surface area contributed by atoms with Gasteiger partial charge in [0, 0.05) is 18.5 Å². The number of hydrogen-bond acceptors (Lipinski definition) is 5. The van der Waals surface area contributed by atoms with Crippen molar-refractivity contribution in [3.05, 3.63) is 40.0 Å². The Bertz CT molecular complexity index is 890. The lowest BCUT2D eigenvalue weighted by atomic mass is 9.96. The van der Waals surface area contributed by atoms with Crippen LogP contribution in [0.15, 0.2) is 27.6 Å². The van der Waals surface area contributed by atoms with Crippen molar-refractivity contribution in [2.24, 2.45) is 0 Å². The summed E-state index contributed by atoms with van der Waals surface area (Å²) in [5, 5.41) is 4.55. The topological polar surface area (TPSA) is 76.3 Å². The van der Waals surface area contributed by atoms with Crippen molar-refractivity contribution in [2.45, 2.75) is 43.4 Å². The Hall–Kier alpha value is -1.15. The van der Waals surface area contributed by atoms with E-state index in [1.165, 1.54) is 22.5 Å². The normalized spacial score (nSPS) is 19.5. The molecule has 25 heavy (non-hydrogen) atoms. The van der Waals surface area contributed by atoms with Gasteiger partial charge in [0.1, 0.15) is 0 Å². The summed E-state index contributed by atoms with van der Waals surface area (Å²) in [6.45, 7) is 6.68. The quantitative estimate of drug-likeness (QED) is 0.777. The molecule has 0 spiro atoms. The van der Waals surface area contributed by atoms with E-state index in [-0.39, 0.29) is 21.3 Å². The maximum Gasteiger partial charge on any atom is 0.243 e. The smallest absolute Gasteiger partial charge is 0.243 e. The molecule has 0 saturated carbocycles. The highest BCUT2D eigenvalue weighted by molar-refractivity contribution is 7.89. The number of benzene rings is 1. The standard InChI is InChI=1S/C16H19Cl2N3O3S/c1-16(2,3)15-19-14(24-20-15)10-6-7-21(9-10)25(22,23)11-4-5-12(17)13(18)8-11/h4-5,8,10H,6-7,9H2,1-3H3. The highest BCUT2D eigenvalue weighted by Gasteiger charge is 2.36. The van der Waals surface area contributed by atoms with Crippen LogP contribution in [0, 0.1) is 0 Å². The number of halogens is 2. The van der Waals surface area contributed by atoms with Gasteiger partial charge in [-0.1, -0.05) is 49.1 Å². The molecule has 2 aromatic rings. The summed E-state index contributed by atoms with van der Waals surface area (Å²) in [6, 6.07) is 4.32. The first kappa shape index (κ1) is 18.6. The third-order valence-corrected chi connectivity index (χ3v) is 6.74. The summed E-state index contributed by atoms with van der Waals surface area (Å²) < 4.78 is 32.4. The van der Waals surface area contributed by atoms with E-state index in [0.29, 0.717) is 36.2 Å². The molecule has 1 aliphatic heterocycles. The van der Waals surface area contributed by atoms with Crippen molar-refractivity contribution in [2.75, 3.05) is 13.1 Å². The Kier molecular flexibility index (Phi) is 4.87. The summed E-state index contributed by atoms with van der Waals surface area (Å²) in [6.07, 6.45) is 0.631. The third kappa shape index (κ3) is 3.69. The molecule has 6 nitrogen and oxygen atoms in total. The van der Waals surface area contributed by atoms with E-state index in [0.717, 1.165) is 0 Å². The number of rotatable bonds is 3. The van der Waals surface area contributed by atoms with Gasteiger partial charge in [-0.2, -0.15) is 9.29 Å². The summed E-state index contributed by atoms with van der Waals surface area (Å²) in [4.78, 5) is 4.57. The summed E-state index contributed by atoms with van der Waals surface area (Å²) in [5.41, 5.74) is -0.216. The van der Waals surface area contributed by atoms with Crippen molar-refractivity contribution >= 4 is 33.2 Å². The second kappa shape index (κ2) is 6.54. The van der Waals surface area contributed by atoms with Gasteiger partial charge in [0.2, 0.25) is 15.9 Å². The first-order valence-corrected chi connectivity index (χ1v) is 10.1. The maximum atomic E-state index is 12.8. The molecule has 1 saturated heterocycles. The third-order valence-electron chi connectivity index (χ3n) is 4.14. The van der Waals surface area contributed by atoms with Crippen LogP contribution >= 0.6 is 23.2 Å². The van der Waals surface area contributed by atoms with Crippen molar-refractivity contribution in [1.29, 1.82) is 0 Å².